The molecule has 37 heavy (non-hydrogen) atoms. The summed E-state index contributed by atoms with van der Waals surface area (Å²) in [5.41, 5.74) is 4.02. The van der Waals surface area contributed by atoms with Gasteiger partial charge in [-0.05, 0) is 61.4 Å². The van der Waals surface area contributed by atoms with E-state index in [0.29, 0.717) is 24.8 Å². The molecule has 1 saturated heterocycles. The van der Waals surface area contributed by atoms with E-state index in [1.165, 1.54) is 0 Å². The van der Waals surface area contributed by atoms with Gasteiger partial charge in [-0.3, -0.25) is 14.4 Å². The third-order valence-electron chi connectivity index (χ3n) is 7.15. The molecule has 0 aliphatic carbocycles. The molecule has 5 rings (SSSR count). The van der Waals surface area contributed by atoms with Crippen LogP contribution in [-0.4, -0.2) is 48.9 Å². The van der Waals surface area contributed by atoms with E-state index >= 15 is 0 Å². The third kappa shape index (κ3) is 5.45. The molecular formula is C28H33N5O4. The number of piperidine rings is 1. The molecule has 3 amide bonds. The Morgan fingerprint density at radius 2 is 1.84 bits per heavy atom. The molecule has 2 aromatic carbocycles. The maximum Gasteiger partial charge on any atom is 0.313 e. The summed E-state index contributed by atoms with van der Waals surface area (Å²) in [4.78, 5) is 46.2. The van der Waals surface area contributed by atoms with Crippen molar-refractivity contribution in [2.24, 2.45) is 11.8 Å². The quantitative estimate of drug-likeness (QED) is 0.514. The standard InChI is InChI=1S/C28H33N5O4/c1-18(2)27(36)33-13-5-6-20-9-10-21(16-23(20)33)30-26(35)25(34)29-17-19-11-14-32(15-12-19)28-31-22-7-3-4-8-24(22)37-28/h3-4,7-10,16,18-19H,5-6,11-15,17H2,1-2H3,(H,29,34)(H,30,35). The number of rotatable bonds is 5. The van der Waals surface area contributed by atoms with E-state index in [4.69, 9.17) is 4.42 Å². The van der Waals surface area contributed by atoms with Crippen LogP contribution in [0, 0.1) is 11.8 Å². The second-order valence-corrected chi connectivity index (χ2v) is 10.2. The van der Waals surface area contributed by atoms with Crippen LogP contribution in [-0.2, 0) is 20.8 Å². The summed E-state index contributed by atoms with van der Waals surface area (Å²) >= 11 is 0. The molecule has 3 heterocycles. The number of hydrogen-bond donors (Lipinski definition) is 2. The summed E-state index contributed by atoms with van der Waals surface area (Å²) in [6, 6.07) is 13.8. The number of benzene rings is 2. The monoisotopic (exact) mass is 503 g/mol. The highest BCUT2D eigenvalue weighted by Gasteiger charge is 2.26. The first-order valence-corrected chi connectivity index (χ1v) is 13.0. The maximum atomic E-state index is 12.6. The summed E-state index contributed by atoms with van der Waals surface area (Å²) in [6.07, 6.45) is 3.53. The summed E-state index contributed by atoms with van der Waals surface area (Å²) < 4.78 is 5.87. The van der Waals surface area contributed by atoms with Gasteiger partial charge < -0.3 is 24.9 Å². The van der Waals surface area contributed by atoms with Crippen molar-refractivity contribution in [2.75, 3.05) is 41.3 Å². The summed E-state index contributed by atoms with van der Waals surface area (Å²) in [5, 5.41) is 5.47. The molecule has 194 valence electrons. The number of fused-ring (bicyclic) bond motifs is 2. The van der Waals surface area contributed by atoms with E-state index in [1.54, 1.807) is 17.0 Å². The molecule has 2 aliphatic heterocycles. The lowest BCUT2D eigenvalue weighted by molar-refractivity contribution is -0.136. The predicted molar refractivity (Wildman–Crippen MR) is 143 cm³/mol. The molecule has 1 aromatic heterocycles. The van der Waals surface area contributed by atoms with Crippen LogP contribution in [0.5, 0.6) is 0 Å². The fourth-order valence-electron chi connectivity index (χ4n) is 5.02. The number of aromatic nitrogens is 1. The largest absolute Gasteiger partial charge is 0.423 e. The Hall–Kier alpha value is -3.88. The van der Waals surface area contributed by atoms with Crippen molar-refractivity contribution >= 4 is 46.2 Å². The van der Waals surface area contributed by atoms with Gasteiger partial charge >= 0.3 is 11.8 Å². The van der Waals surface area contributed by atoms with E-state index in [0.717, 1.165) is 61.1 Å². The molecule has 0 spiro atoms. The van der Waals surface area contributed by atoms with Crippen LogP contribution in [0.2, 0.25) is 0 Å². The average Bonchev–Trinajstić information content (AvgIpc) is 3.35. The van der Waals surface area contributed by atoms with Crippen LogP contribution in [0.4, 0.5) is 17.4 Å². The van der Waals surface area contributed by atoms with E-state index in [1.807, 2.05) is 44.2 Å². The third-order valence-corrected chi connectivity index (χ3v) is 7.15. The second kappa shape index (κ2) is 10.6. The highest BCUT2D eigenvalue weighted by atomic mass is 16.4. The van der Waals surface area contributed by atoms with Gasteiger partial charge in [-0.2, -0.15) is 4.98 Å². The van der Waals surface area contributed by atoms with E-state index in [2.05, 4.69) is 20.5 Å². The number of oxazole rings is 1. The Morgan fingerprint density at radius 3 is 2.59 bits per heavy atom. The van der Waals surface area contributed by atoms with Crippen LogP contribution in [0.3, 0.4) is 0 Å². The average molecular weight is 504 g/mol. The number of carbonyl (C=O) groups is 3. The lowest BCUT2D eigenvalue weighted by atomic mass is 9.97. The Labute approximate surface area is 216 Å². The molecule has 0 unspecified atom stereocenters. The van der Waals surface area contributed by atoms with E-state index < -0.39 is 11.8 Å². The van der Waals surface area contributed by atoms with Gasteiger partial charge in [-0.25, -0.2) is 0 Å². The Bertz CT molecular complexity index is 1280. The molecule has 2 aliphatic rings. The minimum Gasteiger partial charge on any atom is -0.423 e. The van der Waals surface area contributed by atoms with Crippen molar-refractivity contribution in [3.05, 3.63) is 48.0 Å². The van der Waals surface area contributed by atoms with Crippen LogP contribution < -0.4 is 20.4 Å². The molecule has 2 N–H and O–H groups in total. The Balaban J connectivity index is 1.12. The first-order chi connectivity index (χ1) is 17.9. The van der Waals surface area contributed by atoms with Crippen molar-refractivity contribution in [2.45, 2.75) is 39.5 Å². The van der Waals surface area contributed by atoms with Crippen molar-refractivity contribution in [3.63, 3.8) is 0 Å². The van der Waals surface area contributed by atoms with Crippen LogP contribution in [0.1, 0.15) is 38.7 Å². The molecule has 9 nitrogen and oxygen atoms in total. The number of anilines is 3. The van der Waals surface area contributed by atoms with Crippen LogP contribution >= 0.6 is 0 Å². The van der Waals surface area contributed by atoms with E-state index in [9.17, 15) is 14.4 Å². The van der Waals surface area contributed by atoms with Gasteiger partial charge in [0.05, 0.1) is 0 Å². The number of para-hydroxylation sites is 2. The van der Waals surface area contributed by atoms with Crippen molar-refractivity contribution in [3.8, 4) is 0 Å². The highest BCUT2D eigenvalue weighted by molar-refractivity contribution is 6.39. The zero-order chi connectivity index (χ0) is 25.9. The number of carbonyl (C=O) groups excluding carboxylic acids is 3. The fraction of sp³-hybridized carbons (Fsp3) is 0.429. The predicted octanol–water partition coefficient (Wildman–Crippen LogP) is 3.73. The van der Waals surface area contributed by atoms with Gasteiger partial charge in [0, 0.05) is 43.5 Å². The maximum absolute atomic E-state index is 12.6. The van der Waals surface area contributed by atoms with E-state index in [-0.39, 0.29) is 17.7 Å². The Kier molecular flexibility index (Phi) is 7.12. The highest BCUT2D eigenvalue weighted by Crippen LogP contribution is 2.31. The normalized spacial score (nSPS) is 16.1. The molecule has 9 heteroatoms. The molecule has 0 bridgehead atoms. The zero-order valence-electron chi connectivity index (χ0n) is 21.3. The van der Waals surface area contributed by atoms with Crippen molar-refractivity contribution < 1.29 is 18.8 Å². The number of amides is 3. The van der Waals surface area contributed by atoms with Gasteiger partial charge in [0.1, 0.15) is 5.52 Å². The molecule has 3 aromatic rings. The van der Waals surface area contributed by atoms with Gasteiger partial charge in [0.25, 0.3) is 6.01 Å². The van der Waals surface area contributed by atoms with Crippen LogP contribution in [0.25, 0.3) is 11.1 Å². The fourth-order valence-corrected chi connectivity index (χ4v) is 5.02. The molecular weight excluding hydrogens is 470 g/mol. The zero-order valence-corrected chi connectivity index (χ0v) is 21.3. The number of nitrogens with one attached hydrogen (secondary N) is 2. The number of nitrogens with zero attached hydrogens (tertiary/aromatic N) is 3. The van der Waals surface area contributed by atoms with Crippen molar-refractivity contribution in [1.82, 2.24) is 10.3 Å². The van der Waals surface area contributed by atoms with Crippen LogP contribution in [0.15, 0.2) is 46.9 Å². The second-order valence-electron chi connectivity index (χ2n) is 10.2. The van der Waals surface area contributed by atoms with Crippen molar-refractivity contribution in [1.29, 1.82) is 0 Å². The number of aryl methyl sites for hydroxylation is 1. The molecule has 0 atom stereocenters. The summed E-state index contributed by atoms with van der Waals surface area (Å²) in [5.74, 6) is -1.14. The lowest BCUT2D eigenvalue weighted by Gasteiger charge is -2.31. The smallest absolute Gasteiger partial charge is 0.313 e. The minimum atomic E-state index is -0.707. The topological polar surface area (TPSA) is 108 Å². The first kappa shape index (κ1) is 24.8. The Morgan fingerprint density at radius 1 is 1.05 bits per heavy atom. The van der Waals surface area contributed by atoms with Gasteiger partial charge in [0.15, 0.2) is 5.58 Å². The summed E-state index contributed by atoms with van der Waals surface area (Å²) in [7, 11) is 0. The van der Waals surface area contributed by atoms with Gasteiger partial charge in [0.2, 0.25) is 5.91 Å². The molecule has 0 saturated carbocycles. The molecule has 1 fully saturated rings. The number of hydrogen-bond acceptors (Lipinski definition) is 6. The summed E-state index contributed by atoms with van der Waals surface area (Å²) in [6.45, 7) is 6.42. The lowest BCUT2D eigenvalue weighted by Crippen LogP contribution is -2.42. The minimum absolute atomic E-state index is 0.0596. The SMILES string of the molecule is CC(C)C(=O)N1CCCc2ccc(NC(=O)C(=O)NCC3CCN(c4nc5ccccc5o4)CC3)cc21. The molecule has 0 radical (unpaired) electrons. The first-order valence-electron chi connectivity index (χ1n) is 13.0. The van der Waals surface area contributed by atoms with Gasteiger partial charge in [-0.15, -0.1) is 0 Å². The van der Waals surface area contributed by atoms with Gasteiger partial charge in [-0.1, -0.05) is 32.0 Å².